The maximum absolute atomic E-state index is 5.95. The summed E-state index contributed by atoms with van der Waals surface area (Å²) < 4.78 is 7.77. The molecule has 0 fully saturated rings. The van der Waals surface area contributed by atoms with Gasteiger partial charge in [-0.2, -0.15) is 5.10 Å². The molecular formula is C17H16ClN3OS. The Hall–Kier alpha value is -2.11. The van der Waals surface area contributed by atoms with Crippen molar-refractivity contribution < 1.29 is 4.74 Å². The second kappa shape index (κ2) is 6.98. The number of aromatic amines is 1. The van der Waals surface area contributed by atoms with Gasteiger partial charge in [0, 0.05) is 17.1 Å². The van der Waals surface area contributed by atoms with Crippen molar-refractivity contribution in [2.75, 3.05) is 7.11 Å². The minimum atomic E-state index is 0.577. The second-order valence-electron chi connectivity index (χ2n) is 5.11. The lowest BCUT2D eigenvalue weighted by Gasteiger charge is -2.08. The fourth-order valence-corrected chi connectivity index (χ4v) is 2.82. The van der Waals surface area contributed by atoms with Gasteiger partial charge >= 0.3 is 0 Å². The van der Waals surface area contributed by atoms with E-state index in [0.717, 1.165) is 30.1 Å². The van der Waals surface area contributed by atoms with Crippen LogP contribution in [0.15, 0.2) is 48.5 Å². The third kappa shape index (κ3) is 3.63. The molecule has 0 unspecified atom stereocenters. The number of nitrogens with one attached hydrogen (secondary N) is 1. The summed E-state index contributed by atoms with van der Waals surface area (Å²) in [6, 6.07) is 15.6. The summed E-state index contributed by atoms with van der Waals surface area (Å²) in [7, 11) is 1.67. The average Bonchev–Trinajstić information content (AvgIpc) is 2.95. The Balaban J connectivity index is 1.84. The lowest BCUT2D eigenvalue weighted by molar-refractivity contribution is 0.414. The molecule has 23 heavy (non-hydrogen) atoms. The molecule has 3 rings (SSSR count). The first-order valence-corrected chi connectivity index (χ1v) is 8.01. The van der Waals surface area contributed by atoms with E-state index in [0.29, 0.717) is 9.79 Å². The summed E-state index contributed by atoms with van der Waals surface area (Å²) in [6.07, 6.45) is 1.62. The number of H-pyrrole nitrogens is 1. The summed E-state index contributed by atoms with van der Waals surface area (Å²) in [4.78, 5) is 0. The van der Waals surface area contributed by atoms with E-state index in [4.69, 9.17) is 28.6 Å². The number of rotatable bonds is 5. The van der Waals surface area contributed by atoms with E-state index in [9.17, 15) is 0 Å². The molecule has 0 aliphatic heterocycles. The van der Waals surface area contributed by atoms with Gasteiger partial charge in [0.15, 0.2) is 4.77 Å². The van der Waals surface area contributed by atoms with Crippen LogP contribution in [0.4, 0.5) is 0 Å². The van der Waals surface area contributed by atoms with Crippen LogP contribution in [0.3, 0.4) is 0 Å². The Bertz CT molecular complexity index is 855. The van der Waals surface area contributed by atoms with E-state index in [1.54, 1.807) is 7.11 Å². The molecule has 1 heterocycles. The maximum Gasteiger partial charge on any atom is 0.199 e. The molecule has 6 heteroatoms. The number of hydrogen-bond donors (Lipinski definition) is 1. The van der Waals surface area contributed by atoms with Crippen molar-refractivity contribution in [1.82, 2.24) is 14.8 Å². The van der Waals surface area contributed by atoms with Crippen molar-refractivity contribution in [2.45, 2.75) is 12.8 Å². The van der Waals surface area contributed by atoms with Crippen LogP contribution in [0.25, 0.3) is 5.69 Å². The molecule has 3 aromatic rings. The lowest BCUT2D eigenvalue weighted by Crippen LogP contribution is -2.03. The zero-order chi connectivity index (χ0) is 16.2. The zero-order valence-electron chi connectivity index (χ0n) is 12.6. The van der Waals surface area contributed by atoms with Gasteiger partial charge in [-0.25, -0.2) is 0 Å². The average molecular weight is 346 g/mol. The van der Waals surface area contributed by atoms with Crippen LogP contribution >= 0.6 is 23.8 Å². The van der Waals surface area contributed by atoms with Crippen molar-refractivity contribution in [3.05, 3.63) is 69.7 Å². The van der Waals surface area contributed by atoms with E-state index in [2.05, 4.69) is 16.3 Å². The van der Waals surface area contributed by atoms with Crippen molar-refractivity contribution in [3.8, 4) is 11.4 Å². The molecule has 0 spiro atoms. The minimum absolute atomic E-state index is 0.577. The van der Waals surface area contributed by atoms with Crippen molar-refractivity contribution >= 4 is 23.8 Å². The van der Waals surface area contributed by atoms with Gasteiger partial charge in [-0.15, -0.1) is 0 Å². The molecule has 1 aromatic heterocycles. The molecule has 1 N–H and O–H groups in total. The summed E-state index contributed by atoms with van der Waals surface area (Å²) >= 11 is 11.3. The van der Waals surface area contributed by atoms with Crippen molar-refractivity contribution in [1.29, 1.82) is 0 Å². The number of hydrogen-bond acceptors (Lipinski definition) is 3. The van der Waals surface area contributed by atoms with E-state index in [1.165, 1.54) is 5.56 Å². The van der Waals surface area contributed by atoms with Gasteiger partial charge in [0.05, 0.1) is 7.11 Å². The normalized spacial score (nSPS) is 10.7. The fourth-order valence-electron chi connectivity index (χ4n) is 2.44. The number of nitrogens with zero attached hydrogens (tertiary/aromatic N) is 2. The van der Waals surface area contributed by atoms with Gasteiger partial charge in [0.2, 0.25) is 0 Å². The molecule has 2 aromatic carbocycles. The first kappa shape index (κ1) is 15.8. The number of aromatic nitrogens is 3. The Morgan fingerprint density at radius 1 is 1.17 bits per heavy atom. The van der Waals surface area contributed by atoms with Gasteiger partial charge in [-0.05, 0) is 60.6 Å². The van der Waals surface area contributed by atoms with Gasteiger partial charge in [0.1, 0.15) is 11.6 Å². The predicted molar refractivity (Wildman–Crippen MR) is 94.2 cm³/mol. The van der Waals surface area contributed by atoms with Crippen LogP contribution in [0.2, 0.25) is 5.02 Å². The van der Waals surface area contributed by atoms with E-state index in [-0.39, 0.29) is 0 Å². The van der Waals surface area contributed by atoms with Gasteiger partial charge in [-0.3, -0.25) is 9.67 Å². The molecule has 0 saturated carbocycles. The van der Waals surface area contributed by atoms with Crippen molar-refractivity contribution in [2.24, 2.45) is 0 Å². The monoisotopic (exact) mass is 345 g/mol. The van der Waals surface area contributed by atoms with Gasteiger partial charge in [0.25, 0.3) is 0 Å². The molecule has 0 amide bonds. The molecule has 0 bridgehead atoms. The summed E-state index contributed by atoms with van der Waals surface area (Å²) in [5.41, 5.74) is 2.15. The molecule has 0 saturated heterocycles. The second-order valence-corrected chi connectivity index (χ2v) is 5.93. The zero-order valence-corrected chi connectivity index (χ0v) is 14.2. The highest BCUT2D eigenvalue weighted by molar-refractivity contribution is 7.71. The quantitative estimate of drug-likeness (QED) is 0.698. The topological polar surface area (TPSA) is 42.8 Å². The first-order valence-electron chi connectivity index (χ1n) is 7.22. The molecule has 118 valence electrons. The first-order chi connectivity index (χ1) is 11.2. The summed E-state index contributed by atoms with van der Waals surface area (Å²) in [6.45, 7) is 0. The lowest BCUT2D eigenvalue weighted by atomic mass is 10.1. The number of benzene rings is 2. The molecule has 0 aliphatic rings. The highest BCUT2D eigenvalue weighted by Gasteiger charge is 2.09. The Morgan fingerprint density at radius 2 is 1.96 bits per heavy atom. The largest absolute Gasteiger partial charge is 0.497 e. The summed E-state index contributed by atoms with van der Waals surface area (Å²) in [5, 5.41) is 7.92. The van der Waals surface area contributed by atoms with Gasteiger partial charge in [-0.1, -0.05) is 23.7 Å². The van der Waals surface area contributed by atoms with E-state index < -0.39 is 0 Å². The Kier molecular flexibility index (Phi) is 4.79. The molecule has 0 atom stereocenters. The number of ether oxygens (including phenoxy) is 1. The standard InChI is InChI=1S/C17H16ClN3OS/c1-22-15-4-2-3-12(11-15)5-10-16-19-20-17(23)21(16)14-8-6-13(18)7-9-14/h2-4,6-9,11H,5,10H2,1H3,(H,20,23). The van der Waals surface area contributed by atoms with E-state index >= 15 is 0 Å². The summed E-state index contributed by atoms with van der Waals surface area (Å²) in [5.74, 6) is 1.75. The van der Waals surface area contributed by atoms with Crippen LogP contribution < -0.4 is 4.74 Å². The molecular weight excluding hydrogens is 330 g/mol. The fraction of sp³-hybridized carbons (Fsp3) is 0.176. The highest BCUT2D eigenvalue weighted by Crippen LogP contribution is 2.18. The smallest absolute Gasteiger partial charge is 0.199 e. The third-order valence-electron chi connectivity index (χ3n) is 3.60. The predicted octanol–water partition coefficient (Wildman–Crippen LogP) is 4.38. The molecule has 0 aliphatic carbocycles. The molecule has 0 radical (unpaired) electrons. The molecule has 4 nitrogen and oxygen atoms in total. The van der Waals surface area contributed by atoms with Crippen LogP contribution in [0.1, 0.15) is 11.4 Å². The number of halogens is 1. The minimum Gasteiger partial charge on any atom is -0.497 e. The van der Waals surface area contributed by atoms with Crippen LogP contribution in [0.5, 0.6) is 5.75 Å². The Labute approximate surface area is 144 Å². The maximum atomic E-state index is 5.95. The van der Waals surface area contributed by atoms with Crippen LogP contribution in [-0.4, -0.2) is 21.9 Å². The van der Waals surface area contributed by atoms with Crippen LogP contribution in [-0.2, 0) is 12.8 Å². The SMILES string of the molecule is COc1cccc(CCc2n[nH]c(=S)n2-c2ccc(Cl)cc2)c1. The van der Waals surface area contributed by atoms with E-state index in [1.807, 2.05) is 47.0 Å². The van der Waals surface area contributed by atoms with Gasteiger partial charge < -0.3 is 4.74 Å². The van der Waals surface area contributed by atoms with Crippen LogP contribution in [0, 0.1) is 4.77 Å². The Morgan fingerprint density at radius 3 is 2.70 bits per heavy atom. The van der Waals surface area contributed by atoms with Crippen molar-refractivity contribution in [3.63, 3.8) is 0 Å². The number of aryl methyl sites for hydroxylation is 2. The number of methoxy groups -OCH3 is 1. The third-order valence-corrected chi connectivity index (χ3v) is 4.12. The highest BCUT2D eigenvalue weighted by atomic mass is 35.5.